The van der Waals surface area contributed by atoms with Crippen molar-refractivity contribution in [3.05, 3.63) is 44.0 Å². The first-order valence-corrected chi connectivity index (χ1v) is 6.30. The Morgan fingerprint density at radius 2 is 2.05 bits per heavy atom. The second kappa shape index (κ2) is 5.83. The molecule has 1 aliphatic rings. The Morgan fingerprint density at radius 3 is 2.57 bits per heavy atom. The highest BCUT2D eigenvalue weighted by Gasteiger charge is 2.29. The fraction of sp³-hybridized carbons (Fsp3) is 0.417. The lowest BCUT2D eigenvalue weighted by molar-refractivity contribution is -0.394. The molecule has 1 aliphatic heterocycles. The molecule has 0 spiro atoms. The predicted molar refractivity (Wildman–Crippen MR) is 72.6 cm³/mol. The lowest BCUT2D eigenvalue weighted by atomic mass is 10.1. The van der Waals surface area contributed by atoms with Crippen LogP contribution in [-0.4, -0.2) is 40.3 Å². The standard InChI is InChI=1S/C12H14N4O5/c1-14-5-4-10(12(14)17)13-7-8-2-3-9(15(18)19)6-11(8)16(20)21/h2-3,6,10,13H,4-5,7H2,1H3. The van der Waals surface area contributed by atoms with Crippen LogP contribution in [0.5, 0.6) is 0 Å². The average molecular weight is 294 g/mol. The van der Waals surface area contributed by atoms with Crippen molar-refractivity contribution in [3.8, 4) is 0 Å². The summed E-state index contributed by atoms with van der Waals surface area (Å²) < 4.78 is 0. The normalized spacial score (nSPS) is 18.0. The van der Waals surface area contributed by atoms with Gasteiger partial charge in [0.05, 0.1) is 22.0 Å². The Bertz CT molecular complexity index is 603. The highest BCUT2D eigenvalue weighted by Crippen LogP contribution is 2.24. The van der Waals surface area contributed by atoms with Crippen LogP contribution < -0.4 is 5.32 Å². The molecule has 0 radical (unpaired) electrons. The van der Waals surface area contributed by atoms with Crippen LogP contribution in [0.3, 0.4) is 0 Å². The number of hydrogen-bond acceptors (Lipinski definition) is 6. The molecule has 2 rings (SSSR count). The molecule has 0 saturated carbocycles. The van der Waals surface area contributed by atoms with E-state index in [1.165, 1.54) is 12.1 Å². The number of non-ortho nitro benzene ring substituents is 1. The summed E-state index contributed by atoms with van der Waals surface area (Å²) in [5, 5.41) is 24.6. The predicted octanol–water partition coefficient (Wildman–Crippen LogP) is 0.823. The summed E-state index contributed by atoms with van der Waals surface area (Å²) in [5.74, 6) is -0.0560. The van der Waals surface area contributed by atoms with Crippen molar-refractivity contribution in [2.75, 3.05) is 13.6 Å². The topological polar surface area (TPSA) is 119 Å². The van der Waals surface area contributed by atoms with Crippen molar-refractivity contribution in [2.45, 2.75) is 19.0 Å². The first-order valence-electron chi connectivity index (χ1n) is 6.30. The second-order valence-electron chi connectivity index (χ2n) is 4.81. The number of nitrogens with one attached hydrogen (secondary N) is 1. The van der Waals surface area contributed by atoms with E-state index in [4.69, 9.17) is 0 Å². The molecule has 0 aliphatic carbocycles. The molecule has 0 bridgehead atoms. The van der Waals surface area contributed by atoms with E-state index >= 15 is 0 Å². The van der Waals surface area contributed by atoms with E-state index < -0.39 is 9.85 Å². The Balaban J connectivity index is 2.14. The third-order valence-electron chi connectivity index (χ3n) is 3.44. The number of likely N-dealkylation sites (tertiary alicyclic amines) is 1. The third kappa shape index (κ3) is 3.14. The third-order valence-corrected chi connectivity index (χ3v) is 3.44. The molecule has 1 N–H and O–H groups in total. The molecule has 0 aromatic heterocycles. The SMILES string of the molecule is CN1CCC(NCc2ccc([N+](=O)[O-])cc2[N+](=O)[O-])C1=O. The van der Waals surface area contributed by atoms with Crippen molar-refractivity contribution in [1.82, 2.24) is 10.2 Å². The Hall–Kier alpha value is -2.55. The van der Waals surface area contributed by atoms with Gasteiger partial charge >= 0.3 is 0 Å². The summed E-state index contributed by atoms with van der Waals surface area (Å²) in [6.07, 6.45) is 0.635. The first-order chi connectivity index (χ1) is 9.90. The van der Waals surface area contributed by atoms with E-state index in [-0.39, 0.29) is 29.9 Å². The lowest BCUT2D eigenvalue weighted by Gasteiger charge is -2.12. The van der Waals surface area contributed by atoms with Crippen LogP contribution in [0.1, 0.15) is 12.0 Å². The van der Waals surface area contributed by atoms with Gasteiger partial charge in [-0.25, -0.2) is 0 Å². The summed E-state index contributed by atoms with van der Waals surface area (Å²) in [4.78, 5) is 33.6. The molecule has 112 valence electrons. The molecule has 9 heteroatoms. The van der Waals surface area contributed by atoms with E-state index in [9.17, 15) is 25.0 Å². The van der Waals surface area contributed by atoms with Gasteiger partial charge in [-0.05, 0) is 12.5 Å². The van der Waals surface area contributed by atoms with Gasteiger partial charge in [-0.1, -0.05) is 0 Å². The summed E-state index contributed by atoms with van der Waals surface area (Å²) in [5.41, 5.74) is -0.342. The van der Waals surface area contributed by atoms with E-state index in [1.54, 1.807) is 11.9 Å². The van der Waals surface area contributed by atoms with Crippen molar-refractivity contribution in [2.24, 2.45) is 0 Å². The smallest absolute Gasteiger partial charge is 0.280 e. The minimum atomic E-state index is -0.681. The van der Waals surface area contributed by atoms with E-state index in [1.807, 2.05) is 0 Å². The van der Waals surface area contributed by atoms with Crippen LogP contribution in [0.4, 0.5) is 11.4 Å². The van der Waals surface area contributed by atoms with E-state index in [0.717, 1.165) is 6.07 Å². The van der Waals surface area contributed by atoms with Crippen LogP contribution >= 0.6 is 0 Å². The molecule has 1 saturated heterocycles. The van der Waals surface area contributed by atoms with Crippen LogP contribution in [0.25, 0.3) is 0 Å². The van der Waals surface area contributed by atoms with E-state index in [2.05, 4.69) is 5.32 Å². The van der Waals surface area contributed by atoms with Crippen LogP contribution in [0.2, 0.25) is 0 Å². The van der Waals surface area contributed by atoms with Gasteiger partial charge < -0.3 is 10.2 Å². The van der Waals surface area contributed by atoms with Crippen LogP contribution in [0.15, 0.2) is 18.2 Å². The highest BCUT2D eigenvalue weighted by molar-refractivity contribution is 5.83. The number of rotatable bonds is 5. The maximum atomic E-state index is 11.7. The molecule has 1 aromatic rings. The van der Waals surface area contributed by atoms with Gasteiger partial charge in [-0.2, -0.15) is 0 Å². The quantitative estimate of drug-likeness (QED) is 0.634. The average Bonchev–Trinajstić information content (AvgIpc) is 2.76. The molecule has 21 heavy (non-hydrogen) atoms. The minimum absolute atomic E-state index is 0.0560. The number of nitro benzene ring substituents is 2. The van der Waals surface area contributed by atoms with Gasteiger partial charge in [0, 0.05) is 31.8 Å². The number of benzene rings is 1. The minimum Gasteiger partial charge on any atom is -0.344 e. The highest BCUT2D eigenvalue weighted by atomic mass is 16.6. The van der Waals surface area contributed by atoms with E-state index in [0.29, 0.717) is 18.5 Å². The maximum Gasteiger partial charge on any atom is 0.280 e. The monoisotopic (exact) mass is 294 g/mol. The number of carbonyl (C=O) groups excluding carboxylic acids is 1. The zero-order valence-corrected chi connectivity index (χ0v) is 11.3. The van der Waals surface area contributed by atoms with Crippen molar-refractivity contribution < 1.29 is 14.6 Å². The van der Waals surface area contributed by atoms with Crippen molar-refractivity contribution in [3.63, 3.8) is 0 Å². The van der Waals surface area contributed by atoms with Gasteiger partial charge in [0.15, 0.2) is 0 Å². The molecule has 1 atom stereocenters. The number of nitro groups is 2. The number of carbonyl (C=O) groups is 1. The molecular weight excluding hydrogens is 280 g/mol. The van der Waals surface area contributed by atoms with Gasteiger partial charge in [-0.15, -0.1) is 0 Å². The molecule has 1 unspecified atom stereocenters. The summed E-state index contributed by atoms with van der Waals surface area (Å²) in [6.45, 7) is 0.747. The Labute approximate surface area is 119 Å². The Morgan fingerprint density at radius 1 is 1.33 bits per heavy atom. The number of hydrogen-bond donors (Lipinski definition) is 1. The zero-order chi connectivity index (χ0) is 15.6. The van der Waals surface area contributed by atoms with Gasteiger partial charge in [-0.3, -0.25) is 25.0 Å². The maximum absolute atomic E-state index is 11.7. The van der Waals surface area contributed by atoms with Gasteiger partial charge in [0.1, 0.15) is 0 Å². The molecule has 1 aromatic carbocycles. The summed E-state index contributed by atoms with van der Waals surface area (Å²) in [7, 11) is 1.69. The molecule has 9 nitrogen and oxygen atoms in total. The molecular formula is C12H14N4O5. The fourth-order valence-corrected chi connectivity index (χ4v) is 2.23. The number of likely N-dealkylation sites (N-methyl/N-ethyl adjacent to an activating group) is 1. The van der Waals surface area contributed by atoms with Crippen LogP contribution in [0, 0.1) is 20.2 Å². The second-order valence-corrected chi connectivity index (χ2v) is 4.81. The first kappa shape index (κ1) is 14.9. The molecule has 1 heterocycles. The van der Waals surface area contributed by atoms with Crippen molar-refractivity contribution in [1.29, 1.82) is 0 Å². The van der Waals surface area contributed by atoms with Gasteiger partial charge in [0.25, 0.3) is 11.4 Å². The zero-order valence-electron chi connectivity index (χ0n) is 11.3. The molecule has 1 amide bonds. The Kier molecular flexibility index (Phi) is 4.13. The van der Waals surface area contributed by atoms with Crippen molar-refractivity contribution >= 4 is 17.3 Å². The van der Waals surface area contributed by atoms with Crippen LogP contribution in [-0.2, 0) is 11.3 Å². The lowest BCUT2D eigenvalue weighted by Crippen LogP contribution is -2.36. The molecule has 1 fully saturated rings. The number of amides is 1. The fourth-order valence-electron chi connectivity index (χ4n) is 2.23. The number of nitrogens with zero attached hydrogens (tertiary/aromatic N) is 3. The van der Waals surface area contributed by atoms with Gasteiger partial charge in [0.2, 0.25) is 5.91 Å². The summed E-state index contributed by atoms with van der Waals surface area (Å²) >= 11 is 0. The largest absolute Gasteiger partial charge is 0.344 e. The summed E-state index contributed by atoms with van der Waals surface area (Å²) in [6, 6.07) is 3.11.